The van der Waals surface area contributed by atoms with E-state index in [1.54, 1.807) is 13.8 Å². The van der Waals surface area contributed by atoms with E-state index < -0.39 is 56.7 Å². The van der Waals surface area contributed by atoms with Crippen molar-refractivity contribution in [1.82, 2.24) is 4.90 Å². The summed E-state index contributed by atoms with van der Waals surface area (Å²) in [6.45, 7) is 15.5. The molecule has 44 heavy (non-hydrogen) atoms. The summed E-state index contributed by atoms with van der Waals surface area (Å²) in [4.78, 5) is 41.0. The number of hydrogen-bond acceptors (Lipinski definition) is 8. The van der Waals surface area contributed by atoms with Crippen molar-refractivity contribution in [2.45, 2.75) is 104 Å². The summed E-state index contributed by atoms with van der Waals surface area (Å²) in [5.41, 5.74) is 2.55. The van der Waals surface area contributed by atoms with E-state index in [2.05, 4.69) is 33.9 Å². The summed E-state index contributed by atoms with van der Waals surface area (Å²) in [5, 5.41) is -0.212. The molecule has 2 aromatic rings. The van der Waals surface area contributed by atoms with Gasteiger partial charge in [-0.15, -0.1) is 0 Å². The van der Waals surface area contributed by atoms with Gasteiger partial charge in [0.1, 0.15) is 18.2 Å². The van der Waals surface area contributed by atoms with Crippen molar-refractivity contribution >= 4 is 26.1 Å². The fraction of sp³-hybridized carbons (Fsp3) is 0.500. The normalized spacial score (nSPS) is 24.6. The fourth-order valence-electron chi connectivity index (χ4n) is 5.07. The average molecular weight is 624 g/mol. The van der Waals surface area contributed by atoms with Gasteiger partial charge in [-0.2, -0.15) is 0 Å². The van der Waals surface area contributed by atoms with Crippen LogP contribution < -0.4 is 0 Å². The van der Waals surface area contributed by atoms with Crippen LogP contribution >= 0.6 is 0 Å². The van der Waals surface area contributed by atoms with Gasteiger partial charge in [0, 0.05) is 18.1 Å². The highest BCUT2D eigenvalue weighted by atomic mass is 28.4. The molecular weight excluding hydrogens is 578 g/mol. The molecule has 0 radical (unpaired) electrons. The number of hydrogen-bond donors (Lipinski definition) is 0. The zero-order valence-corrected chi connectivity index (χ0v) is 28.0. The highest BCUT2D eigenvalue weighted by Crippen LogP contribution is 2.41. The van der Waals surface area contributed by atoms with Gasteiger partial charge in [-0.1, -0.05) is 81.4 Å². The van der Waals surface area contributed by atoms with Crippen LogP contribution in [0.2, 0.25) is 18.1 Å². The molecule has 0 saturated carbocycles. The summed E-state index contributed by atoms with van der Waals surface area (Å²) < 4.78 is 32.0. The maximum absolute atomic E-state index is 13.7. The minimum absolute atomic E-state index is 0.0559. The Morgan fingerprint density at radius 3 is 1.89 bits per heavy atom. The standard InChI is InChI=1S/C34H45NO8Si/c1-22-23(2)32(38)35(31(22)37)28-30(40-20-26-17-13-10-14-18-26)29(41-24(3)36)27(21-39-19-25-15-11-9-12-16-25)42-33(28)43-44(7,8)34(4,5)6/h9-18,27-30,33H,19-21H2,1-8H3/t27-,28-,29-,30-,33+/m1/s1. The van der Waals surface area contributed by atoms with Crippen LogP contribution in [0, 0.1) is 0 Å². The molecule has 0 spiro atoms. The van der Waals surface area contributed by atoms with E-state index in [0.717, 1.165) is 11.1 Å². The van der Waals surface area contributed by atoms with Gasteiger partial charge in [-0.05, 0) is 43.1 Å². The monoisotopic (exact) mass is 623 g/mol. The number of imide groups is 1. The van der Waals surface area contributed by atoms with Crippen LogP contribution in [-0.2, 0) is 51.0 Å². The second kappa shape index (κ2) is 13.9. The molecule has 1 saturated heterocycles. The lowest BCUT2D eigenvalue weighted by Crippen LogP contribution is -2.69. The Morgan fingerprint density at radius 1 is 0.864 bits per heavy atom. The van der Waals surface area contributed by atoms with Crippen molar-refractivity contribution in [2.24, 2.45) is 0 Å². The number of esters is 1. The predicted octanol–water partition coefficient (Wildman–Crippen LogP) is 5.54. The number of amides is 2. The molecule has 5 atom stereocenters. The van der Waals surface area contributed by atoms with Crippen LogP contribution in [-0.4, -0.2) is 68.3 Å². The number of carbonyl (C=O) groups excluding carboxylic acids is 3. The molecule has 2 aromatic carbocycles. The first-order valence-corrected chi connectivity index (χ1v) is 17.9. The Labute approximate surface area is 261 Å². The molecule has 2 heterocycles. The highest BCUT2D eigenvalue weighted by molar-refractivity contribution is 6.74. The quantitative estimate of drug-likeness (QED) is 0.183. The van der Waals surface area contributed by atoms with E-state index in [4.69, 9.17) is 23.4 Å². The largest absolute Gasteiger partial charge is 0.457 e. The molecule has 2 amide bonds. The van der Waals surface area contributed by atoms with Crippen molar-refractivity contribution in [2.75, 3.05) is 6.61 Å². The maximum Gasteiger partial charge on any atom is 0.303 e. The van der Waals surface area contributed by atoms with Gasteiger partial charge in [0.15, 0.2) is 20.7 Å². The van der Waals surface area contributed by atoms with Crippen molar-refractivity contribution in [3.63, 3.8) is 0 Å². The van der Waals surface area contributed by atoms with Gasteiger partial charge in [0.25, 0.3) is 11.8 Å². The molecule has 0 bridgehead atoms. The minimum atomic E-state index is -2.54. The zero-order valence-electron chi connectivity index (χ0n) is 27.0. The summed E-state index contributed by atoms with van der Waals surface area (Å²) in [6.07, 6.45) is -3.84. The lowest BCUT2D eigenvalue weighted by Gasteiger charge is -2.50. The minimum Gasteiger partial charge on any atom is -0.457 e. The molecule has 9 nitrogen and oxygen atoms in total. The molecule has 0 aliphatic carbocycles. The molecular formula is C34H45NO8Si. The Balaban J connectivity index is 1.77. The van der Waals surface area contributed by atoms with E-state index in [1.165, 1.54) is 11.8 Å². The summed E-state index contributed by atoms with van der Waals surface area (Å²) in [5.74, 6) is -1.44. The SMILES string of the molecule is CC(=O)O[C@H]1[C@H](OCc2ccccc2)[C@@H](N2C(=O)C(C)=C(C)C2=O)[C@H](O[Si](C)(C)C(C)(C)C)O[C@@H]1COCc1ccccc1. The Hall–Kier alpha value is -3.15. The van der Waals surface area contributed by atoms with Gasteiger partial charge >= 0.3 is 5.97 Å². The molecule has 4 rings (SSSR count). The van der Waals surface area contributed by atoms with Crippen LogP contribution in [0.15, 0.2) is 71.8 Å². The molecule has 0 N–H and O–H groups in total. The second-order valence-corrected chi connectivity index (χ2v) is 17.7. The number of ether oxygens (including phenoxy) is 4. The van der Waals surface area contributed by atoms with Crippen molar-refractivity contribution < 1.29 is 37.8 Å². The van der Waals surface area contributed by atoms with E-state index >= 15 is 0 Å². The molecule has 238 valence electrons. The van der Waals surface area contributed by atoms with Crippen molar-refractivity contribution in [3.8, 4) is 0 Å². The van der Waals surface area contributed by atoms with E-state index in [1.807, 2.05) is 60.7 Å². The number of benzene rings is 2. The van der Waals surface area contributed by atoms with Gasteiger partial charge < -0.3 is 23.4 Å². The first-order valence-electron chi connectivity index (χ1n) is 15.0. The first kappa shape index (κ1) is 33.7. The molecule has 10 heteroatoms. The number of rotatable bonds is 11. The zero-order chi connectivity index (χ0) is 32.2. The molecule has 2 aliphatic heterocycles. The Morgan fingerprint density at radius 2 is 1.39 bits per heavy atom. The highest BCUT2D eigenvalue weighted by Gasteiger charge is 2.57. The third kappa shape index (κ3) is 7.55. The Kier molecular flexibility index (Phi) is 10.6. The van der Waals surface area contributed by atoms with Crippen molar-refractivity contribution in [3.05, 3.63) is 82.9 Å². The lowest BCUT2D eigenvalue weighted by molar-refractivity contribution is -0.278. The summed E-state index contributed by atoms with van der Waals surface area (Å²) in [7, 11) is -2.54. The fourth-order valence-corrected chi connectivity index (χ4v) is 6.19. The Bertz CT molecular complexity index is 1330. The molecule has 0 unspecified atom stereocenters. The second-order valence-electron chi connectivity index (χ2n) is 13.0. The number of nitrogens with zero attached hydrogens (tertiary/aromatic N) is 1. The molecule has 1 fully saturated rings. The van der Waals surface area contributed by atoms with Gasteiger partial charge in [0.05, 0.1) is 19.8 Å². The van der Waals surface area contributed by atoms with Crippen molar-refractivity contribution in [1.29, 1.82) is 0 Å². The number of carbonyl (C=O) groups is 3. The third-order valence-electron chi connectivity index (χ3n) is 8.75. The van der Waals surface area contributed by atoms with Crippen LogP contribution in [0.4, 0.5) is 0 Å². The first-order chi connectivity index (χ1) is 20.7. The summed E-state index contributed by atoms with van der Waals surface area (Å²) >= 11 is 0. The van der Waals surface area contributed by atoms with Crippen LogP contribution in [0.3, 0.4) is 0 Å². The van der Waals surface area contributed by atoms with E-state index in [-0.39, 0.29) is 18.3 Å². The molecule has 2 aliphatic rings. The van der Waals surface area contributed by atoms with Crippen LogP contribution in [0.5, 0.6) is 0 Å². The molecule has 0 aromatic heterocycles. The van der Waals surface area contributed by atoms with Crippen LogP contribution in [0.1, 0.15) is 52.7 Å². The lowest BCUT2D eigenvalue weighted by atomic mass is 9.94. The van der Waals surface area contributed by atoms with Crippen LogP contribution in [0.25, 0.3) is 0 Å². The predicted molar refractivity (Wildman–Crippen MR) is 168 cm³/mol. The topological polar surface area (TPSA) is 101 Å². The third-order valence-corrected chi connectivity index (χ3v) is 13.2. The average Bonchev–Trinajstić information content (AvgIpc) is 3.15. The van der Waals surface area contributed by atoms with Gasteiger partial charge in [-0.25, -0.2) is 0 Å². The van der Waals surface area contributed by atoms with Gasteiger partial charge in [0.2, 0.25) is 0 Å². The van der Waals surface area contributed by atoms with E-state index in [9.17, 15) is 14.4 Å². The van der Waals surface area contributed by atoms with Gasteiger partial charge in [-0.3, -0.25) is 19.3 Å². The maximum atomic E-state index is 13.7. The smallest absolute Gasteiger partial charge is 0.303 e. The summed E-state index contributed by atoms with van der Waals surface area (Å²) in [6, 6.07) is 18.2. The van der Waals surface area contributed by atoms with E-state index in [0.29, 0.717) is 17.8 Å².